The van der Waals surface area contributed by atoms with Gasteiger partial charge in [0.25, 0.3) is 0 Å². The van der Waals surface area contributed by atoms with Crippen molar-refractivity contribution in [2.75, 3.05) is 32.5 Å². The molecule has 1 aromatic rings. The number of ether oxygens (including phenoxy) is 1. The Morgan fingerprint density at radius 1 is 1.21 bits per heavy atom. The highest BCUT2D eigenvalue weighted by Gasteiger charge is 2.04. The summed E-state index contributed by atoms with van der Waals surface area (Å²) in [6.07, 6.45) is 4.87. The van der Waals surface area contributed by atoms with E-state index in [0.29, 0.717) is 18.0 Å². The van der Waals surface area contributed by atoms with Crippen LogP contribution in [0.4, 0.5) is 5.69 Å². The minimum Gasteiger partial charge on any atom is -0.508 e. The van der Waals surface area contributed by atoms with Crippen LogP contribution < -0.4 is 15.4 Å². The summed E-state index contributed by atoms with van der Waals surface area (Å²) in [4.78, 5) is 1.54. The first-order chi connectivity index (χ1) is 9.13. The number of phenolic OH excluding ortho intramolecular Hbond substituents is 1. The Hall–Kier alpha value is -1.42. The van der Waals surface area contributed by atoms with Crippen molar-refractivity contribution in [1.82, 2.24) is 0 Å². The van der Waals surface area contributed by atoms with Crippen LogP contribution in [0.25, 0.3) is 0 Å². The minimum atomic E-state index is 0.187. The number of rotatable bonds is 9. The van der Waals surface area contributed by atoms with Gasteiger partial charge >= 0.3 is 0 Å². The van der Waals surface area contributed by atoms with E-state index in [1.54, 1.807) is 23.1 Å². The van der Waals surface area contributed by atoms with Gasteiger partial charge in [0.2, 0.25) is 0 Å². The number of hydrogen-bond acceptors (Lipinski definition) is 3. The molecule has 108 valence electrons. The second kappa shape index (κ2) is 8.64. The molecule has 0 amide bonds. The van der Waals surface area contributed by atoms with Crippen LogP contribution in [0.2, 0.25) is 0 Å². The lowest BCUT2D eigenvalue weighted by Crippen LogP contribution is -3.09. The maximum absolute atomic E-state index is 9.36. The third kappa shape index (κ3) is 6.34. The number of unbranched alkanes of at least 4 members (excludes halogenated alkanes) is 2. The van der Waals surface area contributed by atoms with Crippen molar-refractivity contribution in [2.24, 2.45) is 0 Å². The normalized spacial score (nSPS) is 12.3. The van der Waals surface area contributed by atoms with Crippen LogP contribution >= 0.6 is 0 Å². The number of hydrogen-bond donors (Lipinski definition) is 3. The molecule has 0 saturated carbocycles. The molecule has 0 aliphatic heterocycles. The summed E-state index contributed by atoms with van der Waals surface area (Å²) in [6, 6.07) is 4.79. The molecule has 0 heterocycles. The molecular weight excluding hydrogens is 240 g/mol. The molecule has 0 aliphatic carbocycles. The molecule has 1 aromatic carbocycles. The number of anilines is 1. The van der Waals surface area contributed by atoms with E-state index < -0.39 is 0 Å². The van der Waals surface area contributed by atoms with Crippen molar-refractivity contribution >= 4 is 5.69 Å². The highest BCUT2D eigenvalue weighted by Crippen LogP contribution is 2.25. The monoisotopic (exact) mass is 267 g/mol. The van der Waals surface area contributed by atoms with Crippen LogP contribution in [-0.2, 0) is 0 Å². The van der Waals surface area contributed by atoms with E-state index in [2.05, 4.69) is 14.0 Å². The smallest absolute Gasteiger partial charge is 0.145 e. The van der Waals surface area contributed by atoms with Gasteiger partial charge in [0.15, 0.2) is 0 Å². The lowest BCUT2D eigenvalue weighted by Gasteiger charge is -2.14. The maximum Gasteiger partial charge on any atom is 0.145 e. The van der Waals surface area contributed by atoms with Gasteiger partial charge in [0, 0.05) is 12.5 Å². The summed E-state index contributed by atoms with van der Waals surface area (Å²) in [5.41, 5.74) is 6.34. The Morgan fingerprint density at radius 3 is 2.68 bits per heavy atom. The Labute approximate surface area is 116 Å². The number of nitrogens with one attached hydrogen (secondary N) is 1. The van der Waals surface area contributed by atoms with E-state index in [4.69, 9.17) is 10.5 Å². The highest BCUT2D eigenvalue weighted by molar-refractivity contribution is 5.55. The number of nitrogens with two attached hydrogens (primary N) is 1. The molecule has 1 rings (SSSR count). The van der Waals surface area contributed by atoms with E-state index in [9.17, 15) is 5.11 Å². The Balaban J connectivity index is 2.18. The first kappa shape index (κ1) is 15.6. The molecule has 4 heteroatoms. The fourth-order valence-electron chi connectivity index (χ4n) is 2.01. The molecule has 19 heavy (non-hydrogen) atoms. The van der Waals surface area contributed by atoms with Crippen molar-refractivity contribution in [2.45, 2.75) is 32.6 Å². The zero-order chi connectivity index (χ0) is 14.1. The predicted octanol–water partition coefficient (Wildman–Crippen LogP) is 1.45. The molecule has 0 fully saturated rings. The predicted molar refractivity (Wildman–Crippen MR) is 78.8 cm³/mol. The van der Waals surface area contributed by atoms with Crippen molar-refractivity contribution in [3.8, 4) is 11.5 Å². The van der Waals surface area contributed by atoms with Crippen LogP contribution in [0.5, 0.6) is 11.5 Å². The Bertz CT molecular complexity index is 369. The van der Waals surface area contributed by atoms with Crippen LogP contribution in [0, 0.1) is 0 Å². The van der Waals surface area contributed by atoms with Gasteiger partial charge in [-0.2, -0.15) is 0 Å². The molecule has 0 aromatic heterocycles. The van der Waals surface area contributed by atoms with Crippen LogP contribution in [-0.4, -0.2) is 31.9 Å². The summed E-state index contributed by atoms with van der Waals surface area (Å²) < 4.78 is 5.60. The summed E-state index contributed by atoms with van der Waals surface area (Å²) >= 11 is 0. The van der Waals surface area contributed by atoms with Gasteiger partial charge in [-0.1, -0.05) is 13.3 Å². The van der Waals surface area contributed by atoms with E-state index >= 15 is 0 Å². The summed E-state index contributed by atoms with van der Waals surface area (Å²) in [7, 11) is 2.22. The molecule has 0 spiro atoms. The molecule has 0 saturated heterocycles. The van der Waals surface area contributed by atoms with Crippen molar-refractivity contribution < 1.29 is 14.7 Å². The molecular formula is C15H27N2O2+. The van der Waals surface area contributed by atoms with E-state index in [-0.39, 0.29) is 5.75 Å². The van der Waals surface area contributed by atoms with Gasteiger partial charge < -0.3 is 20.5 Å². The second-order valence-electron chi connectivity index (χ2n) is 5.09. The molecule has 1 atom stereocenters. The molecule has 0 radical (unpaired) electrons. The number of quaternary nitrogens is 1. The largest absolute Gasteiger partial charge is 0.508 e. The van der Waals surface area contributed by atoms with Crippen LogP contribution in [0.15, 0.2) is 18.2 Å². The van der Waals surface area contributed by atoms with Gasteiger partial charge in [-0.3, -0.25) is 0 Å². The average Bonchev–Trinajstić information content (AvgIpc) is 2.39. The van der Waals surface area contributed by atoms with Crippen molar-refractivity contribution in [3.05, 3.63) is 18.2 Å². The fourth-order valence-corrected chi connectivity index (χ4v) is 2.01. The molecule has 0 aliphatic rings. The first-order valence-electron chi connectivity index (χ1n) is 7.16. The Morgan fingerprint density at radius 2 is 1.95 bits per heavy atom. The van der Waals surface area contributed by atoms with E-state index in [0.717, 1.165) is 13.0 Å². The first-order valence-corrected chi connectivity index (χ1v) is 7.16. The van der Waals surface area contributed by atoms with Gasteiger partial charge in [-0.25, -0.2) is 0 Å². The van der Waals surface area contributed by atoms with Crippen LogP contribution in [0.1, 0.15) is 32.6 Å². The quantitative estimate of drug-likeness (QED) is 0.360. The lowest BCUT2D eigenvalue weighted by molar-refractivity contribution is -0.880. The standard InChI is InChI=1S/C15H26N2O2/c1-3-4-5-9-17(2)10-6-11-19-15-12-13(18)7-8-14(15)16/h7-8,12,18H,3-6,9-11,16H2,1-2H3/p+1. The lowest BCUT2D eigenvalue weighted by atomic mass is 10.2. The zero-order valence-corrected chi connectivity index (χ0v) is 12.1. The average molecular weight is 267 g/mol. The van der Waals surface area contributed by atoms with Crippen molar-refractivity contribution in [1.29, 1.82) is 0 Å². The maximum atomic E-state index is 9.36. The third-order valence-electron chi connectivity index (χ3n) is 3.21. The molecule has 4 N–H and O–H groups in total. The topological polar surface area (TPSA) is 59.9 Å². The molecule has 0 bridgehead atoms. The van der Waals surface area contributed by atoms with Crippen molar-refractivity contribution in [3.63, 3.8) is 0 Å². The molecule has 4 nitrogen and oxygen atoms in total. The summed E-state index contributed by atoms with van der Waals surface area (Å²) in [6.45, 7) is 5.19. The van der Waals surface area contributed by atoms with Gasteiger partial charge in [-0.05, 0) is 25.0 Å². The third-order valence-corrected chi connectivity index (χ3v) is 3.21. The number of benzene rings is 1. The Kier molecular flexibility index (Phi) is 7.11. The van der Waals surface area contributed by atoms with Crippen LogP contribution in [0.3, 0.4) is 0 Å². The summed E-state index contributed by atoms with van der Waals surface area (Å²) in [5, 5.41) is 9.36. The van der Waals surface area contributed by atoms with Gasteiger partial charge in [0.1, 0.15) is 11.5 Å². The fraction of sp³-hybridized carbons (Fsp3) is 0.600. The number of nitrogen functional groups attached to an aromatic ring is 1. The van der Waals surface area contributed by atoms with E-state index in [1.165, 1.54) is 25.8 Å². The number of aromatic hydroxyl groups is 1. The summed E-state index contributed by atoms with van der Waals surface area (Å²) in [5.74, 6) is 0.759. The van der Waals surface area contributed by atoms with Gasteiger partial charge in [0.05, 0.1) is 32.4 Å². The molecule has 1 unspecified atom stereocenters. The highest BCUT2D eigenvalue weighted by atomic mass is 16.5. The second-order valence-corrected chi connectivity index (χ2v) is 5.09. The minimum absolute atomic E-state index is 0.187. The van der Waals surface area contributed by atoms with E-state index in [1.807, 2.05) is 0 Å². The number of phenols is 1. The van der Waals surface area contributed by atoms with Gasteiger partial charge in [-0.15, -0.1) is 0 Å². The SMILES string of the molecule is CCCCC[NH+](C)CCCOc1cc(O)ccc1N. The zero-order valence-electron chi connectivity index (χ0n) is 12.1.